The van der Waals surface area contributed by atoms with E-state index in [1.54, 1.807) is 0 Å². The molecule has 0 aromatic rings. The van der Waals surface area contributed by atoms with Gasteiger partial charge in [0.25, 0.3) is 0 Å². The molecule has 62 valence electrons. The summed E-state index contributed by atoms with van der Waals surface area (Å²) in [4.78, 5) is 0. The van der Waals surface area contributed by atoms with E-state index in [0.717, 1.165) is 6.42 Å². The van der Waals surface area contributed by atoms with Gasteiger partial charge in [-0.25, -0.2) is 11.6 Å². The van der Waals surface area contributed by atoms with Crippen molar-refractivity contribution in [3.05, 3.63) is 23.3 Å². The fraction of sp³-hybridized carbons (Fsp3) is 0.429. The first-order valence-electron chi connectivity index (χ1n) is 2.55. The average Bonchev–Trinajstić information content (AvgIpc) is 1.87. The first kappa shape index (κ1) is 22.8. The van der Waals surface area contributed by atoms with E-state index in [1.807, 2.05) is 0 Å². The molecule has 0 saturated carbocycles. The maximum absolute atomic E-state index is 3.19. The SMILES string of the molecule is CC1=[C-]C(C)=CC1.[Cl-].[Cl-].[Cl-].[Zr+4]. The molecule has 11 heavy (non-hydrogen) atoms. The molecule has 0 atom stereocenters. The normalized spacial score (nSPS) is 12.2. The molecule has 4 heteroatoms. The molecular formula is C7H9Cl3Zr. The Labute approximate surface area is 106 Å². The van der Waals surface area contributed by atoms with E-state index in [-0.39, 0.29) is 63.4 Å². The molecule has 1 aliphatic rings. The molecule has 0 N–H and O–H groups in total. The number of rotatable bonds is 0. The third-order valence-electron chi connectivity index (χ3n) is 1.12. The molecule has 1 aliphatic carbocycles. The minimum Gasteiger partial charge on any atom is -1.00 e. The number of allylic oxidation sites excluding steroid dienone is 4. The van der Waals surface area contributed by atoms with Crippen LogP contribution in [-0.2, 0) is 26.2 Å². The van der Waals surface area contributed by atoms with Crippen molar-refractivity contribution in [1.29, 1.82) is 0 Å². The number of halogens is 3. The summed E-state index contributed by atoms with van der Waals surface area (Å²) in [6.45, 7) is 4.18. The van der Waals surface area contributed by atoms with Gasteiger partial charge in [0.05, 0.1) is 0 Å². The number of hydrogen-bond donors (Lipinski definition) is 0. The predicted molar refractivity (Wildman–Crippen MR) is 30.8 cm³/mol. The second kappa shape index (κ2) is 11.2. The van der Waals surface area contributed by atoms with Crippen molar-refractivity contribution >= 4 is 0 Å². The van der Waals surface area contributed by atoms with Crippen LogP contribution in [0.5, 0.6) is 0 Å². The summed E-state index contributed by atoms with van der Waals surface area (Å²) in [5.74, 6) is 0. The van der Waals surface area contributed by atoms with Gasteiger partial charge in [-0.1, -0.05) is 20.3 Å². The molecule has 0 fully saturated rings. The maximum atomic E-state index is 3.19. The van der Waals surface area contributed by atoms with E-state index in [1.165, 1.54) is 11.1 Å². The van der Waals surface area contributed by atoms with Gasteiger partial charge in [-0.15, -0.1) is 0 Å². The molecule has 1 rings (SSSR count). The zero-order chi connectivity index (χ0) is 5.28. The molecule has 0 unspecified atom stereocenters. The van der Waals surface area contributed by atoms with Gasteiger partial charge in [0, 0.05) is 0 Å². The predicted octanol–water partition coefficient (Wildman–Crippen LogP) is -6.90. The minimum absolute atomic E-state index is 0. The molecule has 0 saturated heterocycles. The minimum atomic E-state index is 0. The van der Waals surface area contributed by atoms with E-state index >= 15 is 0 Å². The third kappa shape index (κ3) is 9.14. The van der Waals surface area contributed by atoms with Crippen molar-refractivity contribution in [3.8, 4) is 0 Å². The Morgan fingerprint density at radius 3 is 1.73 bits per heavy atom. The van der Waals surface area contributed by atoms with Crippen molar-refractivity contribution < 1.29 is 63.4 Å². The van der Waals surface area contributed by atoms with Crippen molar-refractivity contribution in [2.75, 3.05) is 0 Å². The van der Waals surface area contributed by atoms with Crippen molar-refractivity contribution in [1.82, 2.24) is 0 Å². The van der Waals surface area contributed by atoms with E-state index in [2.05, 4.69) is 26.0 Å². The summed E-state index contributed by atoms with van der Waals surface area (Å²) in [7, 11) is 0. The van der Waals surface area contributed by atoms with Gasteiger partial charge >= 0.3 is 26.2 Å². The molecule has 0 amide bonds. The Kier molecular flexibility index (Phi) is 23.3. The van der Waals surface area contributed by atoms with Crippen LogP contribution in [0, 0.1) is 6.08 Å². The van der Waals surface area contributed by atoms with Gasteiger partial charge in [-0.2, -0.15) is 5.57 Å². The van der Waals surface area contributed by atoms with Crippen LogP contribution in [0.15, 0.2) is 17.2 Å². The first-order valence-corrected chi connectivity index (χ1v) is 2.55. The van der Waals surface area contributed by atoms with Gasteiger partial charge in [0.2, 0.25) is 0 Å². The van der Waals surface area contributed by atoms with E-state index < -0.39 is 0 Å². The van der Waals surface area contributed by atoms with Crippen LogP contribution in [0.1, 0.15) is 20.3 Å². The van der Waals surface area contributed by atoms with Gasteiger partial charge in [0.1, 0.15) is 0 Å². The van der Waals surface area contributed by atoms with Gasteiger partial charge in [-0.3, -0.25) is 6.08 Å². The van der Waals surface area contributed by atoms with Crippen LogP contribution in [0.25, 0.3) is 0 Å². The molecule has 0 aromatic heterocycles. The van der Waals surface area contributed by atoms with Crippen LogP contribution in [0.4, 0.5) is 0 Å². The van der Waals surface area contributed by atoms with E-state index in [0.29, 0.717) is 0 Å². The number of hydrogen-bond acceptors (Lipinski definition) is 0. The molecule has 0 aromatic carbocycles. The van der Waals surface area contributed by atoms with Crippen molar-refractivity contribution in [3.63, 3.8) is 0 Å². The van der Waals surface area contributed by atoms with E-state index in [9.17, 15) is 0 Å². The zero-order valence-corrected chi connectivity index (χ0v) is 11.1. The van der Waals surface area contributed by atoms with Crippen LogP contribution in [-0.4, -0.2) is 0 Å². The van der Waals surface area contributed by atoms with E-state index in [4.69, 9.17) is 0 Å². The molecule has 0 aliphatic heterocycles. The first-order chi connectivity index (χ1) is 3.29. The molecule has 0 heterocycles. The second-order valence-electron chi connectivity index (χ2n) is 2.00. The smallest absolute Gasteiger partial charge is 1.00 e. The van der Waals surface area contributed by atoms with Crippen molar-refractivity contribution in [2.45, 2.75) is 20.3 Å². The third-order valence-corrected chi connectivity index (χ3v) is 1.12. The van der Waals surface area contributed by atoms with Gasteiger partial charge in [0.15, 0.2) is 0 Å². The Bertz CT molecular complexity index is 141. The van der Waals surface area contributed by atoms with Gasteiger partial charge in [-0.05, 0) is 0 Å². The van der Waals surface area contributed by atoms with Gasteiger partial charge < -0.3 is 37.2 Å². The molecule has 0 nitrogen and oxygen atoms in total. The maximum Gasteiger partial charge on any atom is 4.00 e. The summed E-state index contributed by atoms with van der Waals surface area (Å²) in [5, 5.41) is 0. The van der Waals surface area contributed by atoms with Crippen molar-refractivity contribution in [2.24, 2.45) is 0 Å². The molecule has 0 spiro atoms. The largest absolute Gasteiger partial charge is 4.00 e. The van der Waals surface area contributed by atoms with Crippen LogP contribution < -0.4 is 37.2 Å². The summed E-state index contributed by atoms with van der Waals surface area (Å²) in [6.07, 6.45) is 6.50. The Hall–Kier alpha value is 1.23. The average molecular weight is 291 g/mol. The zero-order valence-electron chi connectivity index (χ0n) is 6.42. The Morgan fingerprint density at radius 1 is 1.18 bits per heavy atom. The fourth-order valence-electron chi connectivity index (χ4n) is 0.745. The van der Waals surface area contributed by atoms with Crippen LogP contribution >= 0.6 is 0 Å². The summed E-state index contributed by atoms with van der Waals surface area (Å²) < 4.78 is 0. The van der Waals surface area contributed by atoms with Crippen LogP contribution in [0.2, 0.25) is 0 Å². The Balaban J connectivity index is -0.0000000612. The quantitative estimate of drug-likeness (QED) is 0.389. The second-order valence-corrected chi connectivity index (χ2v) is 2.00. The molecule has 0 radical (unpaired) electrons. The molecular weight excluding hydrogens is 282 g/mol. The standard InChI is InChI=1S/C7H9.3ClH.Zr/c1-6-3-4-7(2)5-6;;;;/h3H,4H2,1-2H3;3*1H;/q-1;;;;+4/p-3. The topological polar surface area (TPSA) is 0 Å². The summed E-state index contributed by atoms with van der Waals surface area (Å²) in [6, 6.07) is 0. The fourth-order valence-corrected chi connectivity index (χ4v) is 0.745. The summed E-state index contributed by atoms with van der Waals surface area (Å²) >= 11 is 0. The summed E-state index contributed by atoms with van der Waals surface area (Å²) in [5.41, 5.74) is 2.65. The monoisotopic (exact) mass is 288 g/mol. The Morgan fingerprint density at radius 2 is 1.64 bits per heavy atom. The molecule has 0 bridgehead atoms. The van der Waals surface area contributed by atoms with Crippen LogP contribution in [0.3, 0.4) is 0 Å².